The molecule has 0 unspecified atom stereocenters. The number of aromatic hydroxyl groups is 2. The third-order valence-corrected chi connectivity index (χ3v) is 12.7. The summed E-state index contributed by atoms with van der Waals surface area (Å²) in [5, 5.41) is 21.1. The Hall–Kier alpha value is -2.67. The number of rotatable bonds is 40. The first kappa shape index (κ1) is 52.5. The van der Waals surface area contributed by atoms with Gasteiger partial charge in [-0.1, -0.05) is 231 Å². The third kappa shape index (κ3) is 27.7. The zero-order valence-corrected chi connectivity index (χ0v) is 38.7. The Morgan fingerprint density at radius 2 is 0.627 bits per heavy atom. The summed E-state index contributed by atoms with van der Waals surface area (Å²) in [6.45, 7) is 5.28. The smallest absolute Gasteiger partial charge is 0.338 e. The van der Waals surface area contributed by atoms with E-state index in [0.29, 0.717) is 34.1 Å². The number of phenolic OH excluding ortho intramolecular Hbond substituents is 2. The number of benzene rings is 2. The lowest BCUT2D eigenvalue weighted by molar-refractivity contribution is 0.0488. The van der Waals surface area contributed by atoms with Crippen LogP contribution in [0.15, 0.2) is 46.2 Å². The molecular weight excluding hydrogens is 753 g/mol. The van der Waals surface area contributed by atoms with E-state index in [9.17, 15) is 19.8 Å². The van der Waals surface area contributed by atoms with Crippen LogP contribution in [0, 0.1) is 0 Å². The highest BCUT2D eigenvalue weighted by Gasteiger charge is 2.16. The number of phenols is 2. The molecule has 0 aromatic heterocycles. The van der Waals surface area contributed by atoms with E-state index in [1.54, 1.807) is 24.3 Å². The van der Waals surface area contributed by atoms with Crippen molar-refractivity contribution in [2.45, 2.75) is 242 Å². The van der Waals surface area contributed by atoms with Crippen molar-refractivity contribution in [3.8, 4) is 11.5 Å². The van der Waals surface area contributed by atoms with Crippen molar-refractivity contribution < 1.29 is 29.3 Å². The van der Waals surface area contributed by atoms with Crippen LogP contribution in [0.5, 0.6) is 11.5 Å². The summed E-state index contributed by atoms with van der Waals surface area (Å²) < 4.78 is 11.1. The third-order valence-electron chi connectivity index (χ3n) is 11.6. The van der Waals surface area contributed by atoms with Crippen LogP contribution in [0.4, 0.5) is 0 Å². The first-order chi connectivity index (χ1) is 29.0. The Morgan fingerprint density at radius 1 is 0.390 bits per heavy atom. The van der Waals surface area contributed by atoms with Gasteiger partial charge >= 0.3 is 11.9 Å². The highest BCUT2D eigenvalue weighted by Crippen LogP contribution is 2.40. The first-order valence-corrected chi connectivity index (χ1v) is 25.5. The van der Waals surface area contributed by atoms with Gasteiger partial charge in [-0.3, -0.25) is 0 Å². The number of carbonyl (C=O) groups excluding carboxylic acids is 2. The summed E-state index contributed by atoms with van der Waals surface area (Å²) in [6.07, 6.45) is 44.3. The monoisotopic (exact) mass is 839 g/mol. The molecule has 0 atom stereocenters. The van der Waals surface area contributed by atoms with Crippen LogP contribution in [-0.4, -0.2) is 35.4 Å². The van der Waals surface area contributed by atoms with E-state index >= 15 is 0 Å². The highest BCUT2D eigenvalue weighted by atomic mass is 32.2. The summed E-state index contributed by atoms with van der Waals surface area (Å²) in [7, 11) is 0. The molecule has 59 heavy (non-hydrogen) atoms. The molecule has 2 aromatic rings. The molecule has 6 nitrogen and oxygen atoms in total. The zero-order chi connectivity index (χ0) is 42.4. The first-order valence-electron chi connectivity index (χ1n) is 24.6. The van der Waals surface area contributed by atoms with E-state index in [0.717, 1.165) is 50.3 Å². The molecule has 0 amide bonds. The minimum absolute atomic E-state index is 0.0223. The van der Waals surface area contributed by atoms with Crippen molar-refractivity contribution in [2.24, 2.45) is 0 Å². The lowest BCUT2D eigenvalue weighted by Gasteiger charge is -2.11. The number of hydrogen-bond acceptors (Lipinski definition) is 7. The van der Waals surface area contributed by atoms with Gasteiger partial charge in [-0.25, -0.2) is 9.59 Å². The molecule has 0 radical (unpaired) electrons. The molecule has 2 aromatic carbocycles. The summed E-state index contributed by atoms with van der Waals surface area (Å²) in [6, 6.07) is 9.15. The molecule has 0 bridgehead atoms. The number of unbranched alkanes of at least 4 members (excludes halogenated alkanes) is 32. The Morgan fingerprint density at radius 3 is 0.881 bits per heavy atom. The van der Waals surface area contributed by atoms with Gasteiger partial charge in [0.1, 0.15) is 11.5 Å². The predicted molar refractivity (Wildman–Crippen MR) is 249 cm³/mol. The van der Waals surface area contributed by atoms with Gasteiger partial charge in [-0.05, 0) is 49.2 Å². The van der Waals surface area contributed by atoms with Gasteiger partial charge in [-0.2, -0.15) is 0 Å². The van der Waals surface area contributed by atoms with Gasteiger partial charge in [0.2, 0.25) is 0 Å². The minimum atomic E-state index is -0.436. The summed E-state index contributed by atoms with van der Waals surface area (Å²) in [5.41, 5.74) is 0.669. The van der Waals surface area contributed by atoms with Gasteiger partial charge in [-0.15, -0.1) is 0 Å². The van der Waals surface area contributed by atoms with Gasteiger partial charge < -0.3 is 19.7 Å². The van der Waals surface area contributed by atoms with Crippen molar-refractivity contribution in [2.75, 3.05) is 13.2 Å². The quantitative estimate of drug-likeness (QED) is 0.0510. The van der Waals surface area contributed by atoms with Gasteiger partial charge in [0.05, 0.1) is 34.1 Å². The summed E-state index contributed by atoms with van der Waals surface area (Å²) in [4.78, 5) is 26.4. The van der Waals surface area contributed by atoms with Crippen LogP contribution in [0.25, 0.3) is 0 Å². The highest BCUT2D eigenvalue weighted by molar-refractivity contribution is 7.99. The van der Waals surface area contributed by atoms with Crippen molar-refractivity contribution in [1.29, 1.82) is 0 Å². The van der Waals surface area contributed by atoms with Crippen LogP contribution >= 0.6 is 11.8 Å². The molecule has 0 saturated carbocycles. The lowest BCUT2D eigenvalue weighted by Crippen LogP contribution is -2.07. The maximum Gasteiger partial charge on any atom is 0.338 e. The fraction of sp³-hybridized carbons (Fsp3) is 0.731. The number of esters is 2. The van der Waals surface area contributed by atoms with Crippen molar-refractivity contribution in [1.82, 2.24) is 0 Å². The van der Waals surface area contributed by atoms with Crippen molar-refractivity contribution in [3.05, 3.63) is 47.5 Å². The number of hydrogen-bond donors (Lipinski definition) is 2. The molecule has 0 aliphatic heterocycles. The fourth-order valence-corrected chi connectivity index (χ4v) is 8.67. The van der Waals surface area contributed by atoms with Crippen LogP contribution in [0.1, 0.15) is 253 Å². The predicted octanol–water partition coefficient (Wildman–Crippen LogP) is 16.9. The van der Waals surface area contributed by atoms with E-state index in [1.165, 1.54) is 192 Å². The standard InChI is InChI=1S/C52H86O6S/c1-3-5-7-9-11-13-15-17-19-21-23-25-27-29-31-33-35-41-57-51(55)45-37-39-47(53)49(43-45)59-50-44-46(38-40-48(50)54)52(56)58-42-36-34-32-30-28-26-24-22-20-18-16-14-12-10-8-6-4-2/h37-40,43-44,53-54H,3-36,41-42H2,1-2H3. The zero-order valence-electron chi connectivity index (χ0n) is 37.9. The van der Waals surface area contributed by atoms with E-state index in [1.807, 2.05) is 0 Å². The second-order valence-electron chi connectivity index (χ2n) is 17.1. The topological polar surface area (TPSA) is 93.1 Å². The SMILES string of the molecule is CCCCCCCCCCCCCCCCCCCOC(=O)c1ccc(O)c(Sc2cc(C(=O)OCCCCCCCCCCCCCCCCCCC)ccc2O)c1. The molecule has 0 aliphatic carbocycles. The molecule has 0 heterocycles. The van der Waals surface area contributed by atoms with Crippen LogP contribution in [0.2, 0.25) is 0 Å². The second-order valence-corrected chi connectivity index (χ2v) is 18.1. The van der Waals surface area contributed by atoms with Gasteiger partial charge in [0.15, 0.2) is 0 Å². The van der Waals surface area contributed by atoms with Gasteiger partial charge in [0, 0.05) is 0 Å². The molecule has 0 spiro atoms. The van der Waals surface area contributed by atoms with E-state index in [4.69, 9.17) is 9.47 Å². The maximum atomic E-state index is 12.8. The normalized spacial score (nSPS) is 11.3. The Balaban J connectivity index is 1.54. The van der Waals surface area contributed by atoms with Crippen LogP contribution in [0.3, 0.4) is 0 Å². The molecule has 0 fully saturated rings. The summed E-state index contributed by atoms with van der Waals surface area (Å²) >= 11 is 1.09. The Bertz CT molecular complexity index is 1230. The number of carbonyl (C=O) groups is 2. The van der Waals surface area contributed by atoms with Crippen LogP contribution < -0.4 is 0 Å². The molecule has 2 rings (SSSR count). The molecule has 0 saturated heterocycles. The maximum absolute atomic E-state index is 12.8. The van der Waals surface area contributed by atoms with Crippen molar-refractivity contribution in [3.63, 3.8) is 0 Å². The Labute approximate surface area is 365 Å². The molecule has 2 N–H and O–H groups in total. The minimum Gasteiger partial charge on any atom is -0.507 e. The second kappa shape index (κ2) is 37.1. The lowest BCUT2D eigenvalue weighted by atomic mass is 10.0. The Kier molecular flexibility index (Phi) is 33.0. The molecule has 336 valence electrons. The molecule has 0 aliphatic rings. The van der Waals surface area contributed by atoms with Crippen molar-refractivity contribution >= 4 is 23.7 Å². The fourth-order valence-electron chi connectivity index (χ4n) is 7.71. The summed E-state index contributed by atoms with van der Waals surface area (Å²) in [5.74, 6) is -0.916. The van der Waals surface area contributed by atoms with Gasteiger partial charge in [0.25, 0.3) is 0 Å². The molecule has 7 heteroatoms. The largest absolute Gasteiger partial charge is 0.507 e. The van der Waals surface area contributed by atoms with E-state index < -0.39 is 11.9 Å². The average molecular weight is 839 g/mol. The van der Waals surface area contributed by atoms with Crippen LogP contribution in [-0.2, 0) is 9.47 Å². The van der Waals surface area contributed by atoms with E-state index in [2.05, 4.69) is 13.8 Å². The molecular formula is C52H86O6S. The number of ether oxygens (including phenoxy) is 2. The van der Waals surface area contributed by atoms with E-state index in [-0.39, 0.29) is 11.5 Å². The average Bonchev–Trinajstić information content (AvgIpc) is 3.24.